The van der Waals surface area contributed by atoms with Crippen LogP contribution in [0.1, 0.15) is 47.1 Å². The summed E-state index contributed by atoms with van der Waals surface area (Å²) in [5.41, 5.74) is 4.54. The van der Waals surface area contributed by atoms with Crippen molar-refractivity contribution >= 4 is 11.7 Å². The minimum absolute atomic E-state index is 0.242. The number of hydrogen-bond acceptors (Lipinski definition) is 0. The van der Waals surface area contributed by atoms with E-state index < -0.39 is 0 Å². The van der Waals surface area contributed by atoms with Crippen LogP contribution in [0.3, 0.4) is 0 Å². The molecule has 0 spiro atoms. The van der Waals surface area contributed by atoms with Crippen LogP contribution in [-0.4, -0.2) is 21.2 Å². The predicted octanol–water partition coefficient (Wildman–Crippen LogP) is 5.74. The highest BCUT2D eigenvalue weighted by molar-refractivity contribution is 5.69. The van der Waals surface area contributed by atoms with Crippen LogP contribution in [0.15, 0.2) is 72.7 Å². The minimum atomic E-state index is 0.242. The molecule has 26 heavy (non-hydrogen) atoms. The van der Waals surface area contributed by atoms with Crippen molar-refractivity contribution < 1.29 is 4.58 Å². The molecule has 2 heteroatoms. The number of hydrogen-bond donors (Lipinski definition) is 0. The number of fused-ring (bicyclic) bond motifs is 2. The Morgan fingerprint density at radius 1 is 0.923 bits per heavy atom. The van der Waals surface area contributed by atoms with Gasteiger partial charge < -0.3 is 4.40 Å². The largest absolute Gasteiger partial charge is 0.324 e. The standard InChI is InChI=1S/C12H16N.C12H15N/c1-12(2,3)10-6-7-11-5-4-8-13(11)9-10;1-12(2,3)10-6-8-13-7-4-5-11(13)9-10/h4-9,11H,1-3H3;4-9H,1-3H3/q+1;. The van der Waals surface area contributed by atoms with E-state index in [4.69, 9.17) is 0 Å². The Morgan fingerprint density at radius 2 is 1.69 bits per heavy atom. The van der Waals surface area contributed by atoms with Gasteiger partial charge in [-0.25, -0.2) is 0 Å². The highest BCUT2D eigenvalue weighted by Crippen LogP contribution is 2.29. The third kappa shape index (κ3) is 4.07. The molecule has 0 saturated carbocycles. The van der Waals surface area contributed by atoms with Crippen molar-refractivity contribution in [3.8, 4) is 0 Å². The summed E-state index contributed by atoms with van der Waals surface area (Å²) in [6.45, 7) is 13.4. The SMILES string of the molecule is CC(C)(C)C1=C[N+]2=CC=CC2C=C1.CC(C)(C)c1ccn2cccc2c1. The quantitative estimate of drug-likeness (QED) is 0.536. The van der Waals surface area contributed by atoms with Gasteiger partial charge in [-0.05, 0) is 58.9 Å². The molecule has 0 fully saturated rings. The molecule has 0 saturated heterocycles. The number of rotatable bonds is 0. The fraction of sp³-hybridized carbons (Fsp3) is 0.375. The molecule has 4 rings (SSSR count). The zero-order valence-corrected chi connectivity index (χ0v) is 16.9. The Bertz CT molecular complexity index is 906. The molecule has 2 aliphatic heterocycles. The molecule has 0 radical (unpaired) electrons. The van der Waals surface area contributed by atoms with Crippen LogP contribution in [0.5, 0.6) is 0 Å². The summed E-state index contributed by atoms with van der Waals surface area (Å²) < 4.78 is 4.38. The van der Waals surface area contributed by atoms with Gasteiger partial charge >= 0.3 is 0 Å². The summed E-state index contributed by atoms with van der Waals surface area (Å²) in [5, 5.41) is 0. The van der Waals surface area contributed by atoms with Crippen LogP contribution in [0, 0.1) is 5.41 Å². The van der Waals surface area contributed by atoms with E-state index in [9.17, 15) is 0 Å². The first-order valence-corrected chi connectivity index (χ1v) is 9.41. The van der Waals surface area contributed by atoms with Crippen molar-refractivity contribution in [3.63, 3.8) is 0 Å². The Labute approximate surface area is 157 Å². The van der Waals surface area contributed by atoms with Crippen molar-refractivity contribution in [1.29, 1.82) is 0 Å². The van der Waals surface area contributed by atoms with Gasteiger partial charge in [0.15, 0.2) is 18.5 Å². The van der Waals surface area contributed by atoms with Crippen LogP contribution in [0.4, 0.5) is 0 Å². The summed E-state index contributed by atoms with van der Waals surface area (Å²) in [5.74, 6) is 0. The summed E-state index contributed by atoms with van der Waals surface area (Å²) in [6.07, 6.45) is 17.4. The van der Waals surface area contributed by atoms with Crippen molar-refractivity contribution in [1.82, 2.24) is 4.40 Å². The summed E-state index contributed by atoms with van der Waals surface area (Å²) >= 11 is 0. The Balaban J connectivity index is 0.000000151. The second kappa shape index (κ2) is 6.75. The maximum atomic E-state index is 2.25. The average molecular weight is 348 g/mol. The van der Waals surface area contributed by atoms with Crippen molar-refractivity contribution in [2.45, 2.75) is 53.0 Å². The first-order chi connectivity index (χ1) is 12.1. The molecular weight excluding hydrogens is 316 g/mol. The maximum Gasteiger partial charge on any atom is 0.196 e. The van der Waals surface area contributed by atoms with E-state index in [-0.39, 0.29) is 10.8 Å². The predicted molar refractivity (Wildman–Crippen MR) is 112 cm³/mol. The van der Waals surface area contributed by atoms with Gasteiger partial charge in [-0.3, -0.25) is 0 Å². The van der Waals surface area contributed by atoms with Gasteiger partial charge in [-0.1, -0.05) is 41.5 Å². The molecule has 1 unspecified atom stereocenters. The van der Waals surface area contributed by atoms with Gasteiger partial charge in [0.1, 0.15) is 0 Å². The summed E-state index contributed by atoms with van der Waals surface area (Å²) in [4.78, 5) is 0. The summed E-state index contributed by atoms with van der Waals surface area (Å²) in [6, 6.07) is 9.11. The zero-order chi connectivity index (χ0) is 18.9. The molecule has 2 aliphatic rings. The normalized spacial score (nSPS) is 18.9. The molecule has 136 valence electrons. The minimum Gasteiger partial charge on any atom is -0.324 e. The lowest BCUT2D eigenvalue weighted by atomic mass is 9.85. The first kappa shape index (κ1) is 18.4. The Kier molecular flexibility index (Phi) is 4.79. The zero-order valence-electron chi connectivity index (χ0n) is 16.9. The van der Waals surface area contributed by atoms with Gasteiger partial charge in [0.05, 0.1) is 0 Å². The molecule has 2 aromatic rings. The van der Waals surface area contributed by atoms with E-state index in [1.165, 1.54) is 16.7 Å². The second-order valence-electron chi connectivity index (χ2n) is 9.17. The van der Waals surface area contributed by atoms with Gasteiger partial charge in [-0.2, -0.15) is 4.58 Å². The number of nitrogens with zero attached hydrogens (tertiary/aromatic N) is 2. The van der Waals surface area contributed by atoms with E-state index in [1.54, 1.807) is 0 Å². The molecule has 0 N–H and O–H groups in total. The molecule has 2 nitrogen and oxygen atoms in total. The third-order valence-electron chi connectivity index (χ3n) is 4.93. The molecule has 0 bridgehead atoms. The molecule has 2 aromatic heterocycles. The monoisotopic (exact) mass is 347 g/mol. The van der Waals surface area contributed by atoms with E-state index in [2.05, 4.69) is 124 Å². The smallest absolute Gasteiger partial charge is 0.196 e. The maximum absolute atomic E-state index is 2.25. The van der Waals surface area contributed by atoms with Crippen LogP contribution in [0.25, 0.3) is 5.52 Å². The van der Waals surface area contributed by atoms with E-state index >= 15 is 0 Å². The Morgan fingerprint density at radius 3 is 2.38 bits per heavy atom. The highest BCUT2D eigenvalue weighted by Gasteiger charge is 2.26. The van der Waals surface area contributed by atoms with E-state index in [1.807, 2.05) is 0 Å². The van der Waals surface area contributed by atoms with Gasteiger partial charge in [0, 0.05) is 29.6 Å². The lowest BCUT2D eigenvalue weighted by molar-refractivity contribution is -0.467. The topological polar surface area (TPSA) is 7.42 Å². The number of pyridine rings is 1. The highest BCUT2D eigenvalue weighted by atomic mass is 15.0. The van der Waals surface area contributed by atoms with Crippen LogP contribution in [-0.2, 0) is 5.41 Å². The average Bonchev–Trinajstić information content (AvgIpc) is 3.21. The number of aromatic nitrogens is 1. The molecule has 0 amide bonds. The molecule has 4 heterocycles. The van der Waals surface area contributed by atoms with E-state index in [0.717, 1.165) is 0 Å². The molecule has 0 aliphatic carbocycles. The lowest BCUT2D eigenvalue weighted by Gasteiger charge is -2.21. The first-order valence-electron chi connectivity index (χ1n) is 9.41. The van der Waals surface area contributed by atoms with Crippen molar-refractivity contribution in [2.75, 3.05) is 0 Å². The summed E-state index contributed by atoms with van der Waals surface area (Å²) in [7, 11) is 0. The fourth-order valence-corrected chi connectivity index (χ4v) is 3.10. The van der Waals surface area contributed by atoms with Crippen LogP contribution in [0.2, 0.25) is 0 Å². The van der Waals surface area contributed by atoms with Crippen molar-refractivity contribution in [3.05, 3.63) is 78.3 Å². The second-order valence-corrected chi connectivity index (χ2v) is 9.17. The van der Waals surface area contributed by atoms with Gasteiger partial charge in [0.25, 0.3) is 0 Å². The van der Waals surface area contributed by atoms with Crippen molar-refractivity contribution in [2.24, 2.45) is 5.41 Å². The molecule has 0 aromatic carbocycles. The van der Waals surface area contributed by atoms with Crippen LogP contribution >= 0.6 is 0 Å². The number of allylic oxidation sites excluding steroid dienone is 3. The Hall–Kier alpha value is -2.35. The van der Waals surface area contributed by atoms with Crippen LogP contribution < -0.4 is 0 Å². The van der Waals surface area contributed by atoms with Gasteiger partial charge in [0.2, 0.25) is 0 Å². The van der Waals surface area contributed by atoms with Gasteiger partial charge in [-0.15, -0.1) is 0 Å². The fourth-order valence-electron chi connectivity index (χ4n) is 3.10. The third-order valence-corrected chi connectivity index (χ3v) is 4.93. The molecular formula is C24H31N2+. The molecule has 1 atom stereocenters. The lowest BCUT2D eigenvalue weighted by Crippen LogP contribution is -2.21. The van der Waals surface area contributed by atoms with E-state index in [0.29, 0.717) is 6.04 Å².